The predicted octanol–water partition coefficient (Wildman–Crippen LogP) is 2.95. The van der Waals surface area contributed by atoms with E-state index >= 15 is 0 Å². The number of anilines is 2. The van der Waals surface area contributed by atoms with Crippen molar-refractivity contribution in [2.75, 3.05) is 23.7 Å². The monoisotopic (exact) mass is 409 g/mol. The average molecular weight is 410 g/mol. The molecule has 0 fully saturated rings. The third-order valence-electron chi connectivity index (χ3n) is 3.61. The number of benzene rings is 2. The van der Waals surface area contributed by atoms with E-state index in [1.165, 1.54) is 31.2 Å². The maximum atomic E-state index is 12.7. The molecule has 2 aromatic rings. The number of sulfonamides is 1. The second-order valence-corrected chi connectivity index (χ2v) is 8.07. The van der Waals surface area contributed by atoms with Crippen LogP contribution in [-0.2, 0) is 19.6 Å². The van der Waals surface area contributed by atoms with Crippen LogP contribution >= 0.6 is 11.6 Å². The number of hydrogen-bond donors (Lipinski definition) is 2. The van der Waals surface area contributed by atoms with Crippen LogP contribution in [0.15, 0.2) is 53.4 Å². The zero-order chi connectivity index (χ0) is 20.0. The van der Waals surface area contributed by atoms with E-state index in [0.29, 0.717) is 16.4 Å². The van der Waals surface area contributed by atoms with E-state index in [-0.39, 0.29) is 23.9 Å². The third-order valence-corrected chi connectivity index (χ3v) is 5.80. The summed E-state index contributed by atoms with van der Waals surface area (Å²) in [7, 11) is -3.81. The molecule has 0 heterocycles. The van der Waals surface area contributed by atoms with Crippen molar-refractivity contribution in [3.8, 4) is 0 Å². The topological polar surface area (TPSA) is 95.6 Å². The fraction of sp³-hybridized carbons (Fsp3) is 0.222. The van der Waals surface area contributed by atoms with Gasteiger partial charge in [-0.1, -0.05) is 18.5 Å². The van der Waals surface area contributed by atoms with Gasteiger partial charge < -0.3 is 10.6 Å². The van der Waals surface area contributed by atoms with E-state index in [0.717, 1.165) is 4.31 Å². The van der Waals surface area contributed by atoms with Crippen LogP contribution in [0.2, 0.25) is 5.02 Å². The molecule has 9 heteroatoms. The highest BCUT2D eigenvalue weighted by atomic mass is 35.5. The molecule has 2 rings (SSSR count). The van der Waals surface area contributed by atoms with Gasteiger partial charge in [-0.3, -0.25) is 9.59 Å². The summed E-state index contributed by atoms with van der Waals surface area (Å²) in [5.41, 5.74) is 1.09. The summed E-state index contributed by atoms with van der Waals surface area (Å²) in [6.45, 7) is 2.87. The molecule has 0 unspecified atom stereocenters. The minimum atomic E-state index is -3.81. The van der Waals surface area contributed by atoms with Crippen molar-refractivity contribution in [3.63, 3.8) is 0 Å². The summed E-state index contributed by atoms with van der Waals surface area (Å²) >= 11 is 5.79. The van der Waals surface area contributed by atoms with Crippen molar-refractivity contribution < 1.29 is 18.0 Å². The second kappa shape index (κ2) is 8.98. The van der Waals surface area contributed by atoms with Crippen LogP contribution in [0.5, 0.6) is 0 Å². The molecule has 0 bridgehead atoms. The molecule has 0 saturated heterocycles. The quantitative estimate of drug-likeness (QED) is 0.734. The second-order valence-electron chi connectivity index (χ2n) is 5.69. The number of carbonyl (C=O) groups is 2. The Hall–Kier alpha value is -2.42. The van der Waals surface area contributed by atoms with Crippen molar-refractivity contribution in [1.29, 1.82) is 0 Å². The number of rotatable bonds is 7. The maximum Gasteiger partial charge on any atom is 0.243 e. The molecule has 2 aromatic carbocycles. The Morgan fingerprint density at radius 1 is 0.963 bits per heavy atom. The highest BCUT2D eigenvalue weighted by Gasteiger charge is 2.25. The van der Waals surface area contributed by atoms with Gasteiger partial charge in [0.05, 0.1) is 11.4 Å². The normalized spacial score (nSPS) is 11.3. The molecule has 0 saturated carbocycles. The minimum absolute atomic E-state index is 0.0706. The summed E-state index contributed by atoms with van der Waals surface area (Å²) in [4.78, 5) is 23.3. The number of nitrogens with zero attached hydrogens (tertiary/aromatic N) is 1. The minimum Gasteiger partial charge on any atom is -0.326 e. The number of nitrogens with one attached hydrogen (secondary N) is 2. The molecule has 0 atom stereocenters. The number of likely N-dealkylation sites (N-methyl/N-ethyl adjacent to an activating group) is 1. The van der Waals surface area contributed by atoms with Crippen LogP contribution < -0.4 is 10.6 Å². The molecular weight excluding hydrogens is 390 g/mol. The van der Waals surface area contributed by atoms with Crippen molar-refractivity contribution in [2.45, 2.75) is 18.7 Å². The summed E-state index contributed by atoms with van der Waals surface area (Å²) in [5.74, 6) is -0.667. The third kappa shape index (κ3) is 5.78. The Morgan fingerprint density at radius 2 is 1.48 bits per heavy atom. The Bertz CT molecular complexity index is 913. The predicted molar refractivity (Wildman–Crippen MR) is 105 cm³/mol. The van der Waals surface area contributed by atoms with Crippen LogP contribution in [0.3, 0.4) is 0 Å². The van der Waals surface area contributed by atoms with Crippen LogP contribution in [0.4, 0.5) is 11.4 Å². The van der Waals surface area contributed by atoms with Crippen LogP contribution in [0.1, 0.15) is 13.8 Å². The largest absolute Gasteiger partial charge is 0.326 e. The molecular formula is C18H20ClN3O4S. The molecule has 27 heavy (non-hydrogen) atoms. The number of halogens is 1. The lowest BCUT2D eigenvalue weighted by Gasteiger charge is -2.20. The van der Waals surface area contributed by atoms with Gasteiger partial charge >= 0.3 is 0 Å². The molecule has 0 spiro atoms. The number of carbonyl (C=O) groups excluding carboxylic acids is 2. The number of amides is 2. The number of hydrogen-bond acceptors (Lipinski definition) is 4. The summed E-state index contributed by atoms with van der Waals surface area (Å²) in [5, 5.41) is 5.69. The first kappa shape index (κ1) is 20.9. The van der Waals surface area contributed by atoms with Gasteiger partial charge in [0.1, 0.15) is 0 Å². The van der Waals surface area contributed by atoms with E-state index in [1.54, 1.807) is 31.2 Å². The molecule has 2 amide bonds. The summed E-state index contributed by atoms with van der Waals surface area (Å²) < 4.78 is 26.4. The van der Waals surface area contributed by atoms with Gasteiger partial charge in [0.15, 0.2) is 0 Å². The molecule has 144 valence electrons. The standard InChI is InChI=1S/C18H20ClN3O4S/c1-3-22(27(25,26)17-10-4-14(19)5-11-17)12-18(24)21-16-8-6-15(7-9-16)20-13(2)23/h4-11H,3,12H2,1-2H3,(H,20,23)(H,21,24). The smallest absolute Gasteiger partial charge is 0.243 e. The molecule has 7 nitrogen and oxygen atoms in total. The molecule has 0 aliphatic carbocycles. The van der Waals surface area contributed by atoms with Crippen molar-refractivity contribution >= 4 is 44.8 Å². The zero-order valence-electron chi connectivity index (χ0n) is 14.9. The van der Waals surface area contributed by atoms with E-state index < -0.39 is 15.9 Å². The fourth-order valence-electron chi connectivity index (χ4n) is 2.32. The lowest BCUT2D eigenvalue weighted by atomic mass is 10.2. The van der Waals surface area contributed by atoms with E-state index in [2.05, 4.69) is 10.6 Å². The first-order valence-corrected chi connectivity index (χ1v) is 9.97. The summed E-state index contributed by atoms with van der Waals surface area (Å²) in [6.07, 6.45) is 0. The Morgan fingerprint density at radius 3 is 1.96 bits per heavy atom. The van der Waals surface area contributed by atoms with Crippen LogP contribution in [0, 0.1) is 0 Å². The SMILES string of the molecule is CCN(CC(=O)Nc1ccc(NC(C)=O)cc1)S(=O)(=O)c1ccc(Cl)cc1. The van der Waals surface area contributed by atoms with Gasteiger partial charge in [-0.15, -0.1) is 0 Å². The van der Waals surface area contributed by atoms with Gasteiger partial charge in [0.2, 0.25) is 21.8 Å². The van der Waals surface area contributed by atoms with Crippen LogP contribution in [-0.4, -0.2) is 37.6 Å². The van der Waals surface area contributed by atoms with Gasteiger partial charge in [0.25, 0.3) is 0 Å². The highest BCUT2D eigenvalue weighted by molar-refractivity contribution is 7.89. The molecule has 2 N–H and O–H groups in total. The lowest BCUT2D eigenvalue weighted by molar-refractivity contribution is -0.116. The Kier molecular flexibility index (Phi) is 6.95. The highest BCUT2D eigenvalue weighted by Crippen LogP contribution is 2.19. The zero-order valence-corrected chi connectivity index (χ0v) is 16.5. The lowest BCUT2D eigenvalue weighted by Crippen LogP contribution is -2.37. The first-order valence-electron chi connectivity index (χ1n) is 8.15. The van der Waals surface area contributed by atoms with E-state index in [4.69, 9.17) is 11.6 Å². The van der Waals surface area contributed by atoms with Gasteiger partial charge in [0, 0.05) is 29.9 Å². The Balaban J connectivity index is 2.06. The van der Waals surface area contributed by atoms with Crippen molar-refractivity contribution in [1.82, 2.24) is 4.31 Å². The van der Waals surface area contributed by atoms with E-state index in [1.807, 2.05) is 0 Å². The van der Waals surface area contributed by atoms with Gasteiger partial charge in [-0.2, -0.15) is 4.31 Å². The molecule has 0 radical (unpaired) electrons. The maximum absolute atomic E-state index is 12.7. The van der Waals surface area contributed by atoms with Crippen molar-refractivity contribution in [3.05, 3.63) is 53.6 Å². The van der Waals surface area contributed by atoms with Crippen molar-refractivity contribution in [2.24, 2.45) is 0 Å². The average Bonchev–Trinajstić information content (AvgIpc) is 2.61. The first-order chi connectivity index (χ1) is 12.7. The van der Waals surface area contributed by atoms with E-state index in [9.17, 15) is 18.0 Å². The summed E-state index contributed by atoms with van der Waals surface area (Å²) in [6, 6.07) is 12.3. The van der Waals surface area contributed by atoms with Crippen LogP contribution in [0.25, 0.3) is 0 Å². The fourth-order valence-corrected chi connectivity index (χ4v) is 3.85. The van der Waals surface area contributed by atoms with Gasteiger partial charge in [-0.05, 0) is 48.5 Å². The Labute approximate surface area is 163 Å². The van der Waals surface area contributed by atoms with Gasteiger partial charge in [-0.25, -0.2) is 8.42 Å². The molecule has 0 aliphatic rings. The molecule has 0 aromatic heterocycles. The molecule has 0 aliphatic heterocycles.